The van der Waals surface area contributed by atoms with Crippen molar-refractivity contribution in [1.82, 2.24) is 14.7 Å². The van der Waals surface area contributed by atoms with Crippen LogP contribution in [0.1, 0.15) is 31.8 Å². The molecule has 1 aliphatic rings. The highest BCUT2D eigenvalue weighted by molar-refractivity contribution is 6.37. The van der Waals surface area contributed by atoms with Crippen LogP contribution in [0.25, 0.3) is 11.3 Å². The first-order valence-electron chi connectivity index (χ1n) is 13.5. The summed E-state index contributed by atoms with van der Waals surface area (Å²) in [6.07, 6.45) is 0. The fourth-order valence-electron chi connectivity index (χ4n) is 4.53. The molecule has 0 spiro atoms. The van der Waals surface area contributed by atoms with Gasteiger partial charge in [-0.25, -0.2) is 4.79 Å². The van der Waals surface area contributed by atoms with Crippen molar-refractivity contribution in [2.45, 2.75) is 0 Å². The van der Waals surface area contributed by atoms with Gasteiger partial charge >= 0.3 is 5.97 Å². The number of hydrogen-bond acceptors (Lipinski definition) is 7. The minimum atomic E-state index is -0.475. The summed E-state index contributed by atoms with van der Waals surface area (Å²) in [4.78, 5) is 44.7. The fraction of sp³-hybridized carbons (Fsp3) is 0.281. The van der Waals surface area contributed by atoms with Crippen LogP contribution in [0.4, 0.5) is 11.4 Å². The molecule has 1 aliphatic heterocycles. The van der Waals surface area contributed by atoms with E-state index in [2.05, 4.69) is 20.4 Å². The molecule has 0 aromatic heterocycles. The Bertz CT molecular complexity index is 1420. The summed E-state index contributed by atoms with van der Waals surface area (Å²) in [6, 6.07) is 21.9. The van der Waals surface area contributed by atoms with Gasteiger partial charge in [0.25, 0.3) is 11.8 Å². The monoisotopic (exact) mass is 555 g/mol. The van der Waals surface area contributed by atoms with Crippen molar-refractivity contribution in [3.63, 3.8) is 0 Å². The first kappa shape index (κ1) is 29.5. The van der Waals surface area contributed by atoms with Crippen LogP contribution < -0.4 is 10.6 Å². The number of carbonyl (C=O) groups excluding carboxylic acids is 3. The number of benzene rings is 3. The predicted octanol–water partition coefficient (Wildman–Crippen LogP) is 3.97. The van der Waals surface area contributed by atoms with Crippen LogP contribution in [0.15, 0.2) is 72.8 Å². The van der Waals surface area contributed by atoms with E-state index in [1.54, 1.807) is 18.2 Å². The molecule has 2 amide bonds. The van der Waals surface area contributed by atoms with Gasteiger partial charge < -0.3 is 30.1 Å². The number of rotatable bonds is 11. The third kappa shape index (κ3) is 7.19. The van der Waals surface area contributed by atoms with Crippen LogP contribution in [0.2, 0.25) is 0 Å². The van der Waals surface area contributed by atoms with Gasteiger partial charge in [-0.1, -0.05) is 36.4 Å². The topological polar surface area (TPSA) is 94.2 Å². The van der Waals surface area contributed by atoms with E-state index in [1.165, 1.54) is 7.11 Å². The number of ether oxygens (including phenoxy) is 1. The first-order valence-corrected chi connectivity index (χ1v) is 13.5. The molecule has 9 heteroatoms. The number of anilines is 2. The lowest BCUT2D eigenvalue weighted by Crippen LogP contribution is -2.40. The van der Waals surface area contributed by atoms with E-state index in [0.29, 0.717) is 46.7 Å². The number of nitrogens with one attached hydrogen (secondary N) is 2. The van der Waals surface area contributed by atoms with Crippen LogP contribution in [0.5, 0.6) is 0 Å². The second-order valence-electron chi connectivity index (χ2n) is 10.4. The largest absolute Gasteiger partial charge is 0.465 e. The van der Waals surface area contributed by atoms with Gasteiger partial charge in [-0.2, -0.15) is 0 Å². The molecule has 0 atom stereocenters. The maximum Gasteiger partial charge on any atom is 0.337 e. The number of likely N-dealkylation sites (N-methyl/N-ethyl adjacent to an activating group) is 2. The molecule has 214 valence electrons. The summed E-state index contributed by atoms with van der Waals surface area (Å²) in [5, 5.41) is 6.30. The molecule has 4 rings (SSSR count). The maximum absolute atomic E-state index is 13.4. The second kappa shape index (κ2) is 13.3. The maximum atomic E-state index is 13.4. The predicted molar refractivity (Wildman–Crippen MR) is 163 cm³/mol. The van der Waals surface area contributed by atoms with Crippen molar-refractivity contribution in [2.75, 3.05) is 72.1 Å². The van der Waals surface area contributed by atoms with Gasteiger partial charge in [0.05, 0.1) is 29.6 Å². The van der Waals surface area contributed by atoms with Crippen molar-refractivity contribution < 1.29 is 19.1 Å². The smallest absolute Gasteiger partial charge is 0.337 e. The van der Waals surface area contributed by atoms with E-state index in [0.717, 1.165) is 24.3 Å². The first-order chi connectivity index (χ1) is 19.7. The minimum Gasteiger partial charge on any atom is -0.465 e. The molecule has 0 saturated carbocycles. The highest BCUT2D eigenvalue weighted by Crippen LogP contribution is 2.38. The zero-order valence-corrected chi connectivity index (χ0v) is 24.2. The summed E-state index contributed by atoms with van der Waals surface area (Å²) >= 11 is 0. The quantitative estimate of drug-likeness (QED) is 0.273. The molecule has 9 nitrogen and oxygen atoms in total. The Balaban J connectivity index is 1.65. The van der Waals surface area contributed by atoms with Crippen molar-refractivity contribution in [3.8, 4) is 0 Å². The average Bonchev–Trinajstić information content (AvgIpc) is 3.30. The Morgan fingerprint density at radius 3 is 1.98 bits per heavy atom. The second-order valence-corrected chi connectivity index (χ2v) is 10.4. The number of methoxy groups -OCH3 is 1. The van der Waals surface area contributed by atoms with E-state index in [9.17, 15) is 14.4 Å². The molecule has 0 unspecified atom stereocenters. The molecule has 1 heterocycles. The van der Waals surface area contributed by atoms with Crippen molar-refractivity contribution in [3.05, 3.63) is 95.1 Å². The summed E-state index contributed by atoms with van der Waals surface area (Å²) in [6.45, 7) is 2.82. The Morgan fingerprint density at radius 1 is 0.780 bits per heavy atom. The van der Waals surface area contributed by atoms with Gasteiger partial charge in [0.15, 0.2) is 0 Å². The molecule has 0 radical (unpaired) electrons. The fourth-order valence-corrected chi connectivity index (χ4v) is 4.53. The summed E-state index contributed by atoms with van der Waals surface area (Å²) < 4.78 is 4.83. The van der Waals surface area contributed by atoms with E-state index >= 15 is 0 Å². The van der Waals surface area contributed by atoms with E-state index < -0.39 is 5.97 Å². The number of amides is 2. The van der Waals surface area contributed by atoms with Gasteiger partial charge in [-0.3, -0.25) is 9.59 Å². The number of nitrogens with zero attached hydrogens (tertiary/aromatic N) is 3. The molecule has 0 bridgehead atoms. The Labute approximate surface area is 241 Å². The van der Waals surface area contributed by atoms with Gasteiger partial charge in [-0.05, 0) is 70.2 Å². The van der Waals surface area contributed by atoms with Crippen molar-refractivity contribution in [2.24, 2.45) is 0 Å². The highest BCUT2D eigenvalue weighted by atomic mass is 16.5. The molecule has 0 saturated heterocycles. The standard InChI is InChI=1S/C32H37N5O4/c1-35(2)17-19-37(20-18-36(3)4)31(39)23-11-14-25(15-12-23)33-29(22-9-7-6-8-10-22)28-26-16-13-24(32(40)41-5)21-27(26)34-30(28)38/h6-16,21,33H,17-20H2,1-5H3,(H,34,38)/b29-28-. The molecular weight excluding hydrogens is 518 g/mol. The molecule has 2 N–H and O–H groups in total. The third-order valence-electron chi connectivity index (χ3n) is 6.82. The number of fused-ring (bicyclic) bond motifs is 1. The van der Waals surface area contributed by atoms with Gasteiger partial charge in [0, 0.05) is 43.0 Å². The van der Waals surface area contributed by atoms with Crippen molar-refractivity contribution >= 4 is 40.4 Å². The molecule has 41 heavy (non-hydrogen) atoms. The van der Waals surface area contributed by atoms with Gasteiger partial charge in [0.1, 0.15) is 0 Å². The van der Waals surface area contributed by atoms with Gasteiger partial charge in [0.2, 0.25) is 0 Å². The lowest BCUT2D eigenvalue weighted by Gasteiger charge is -2.26. The van der Waals surface area contributed by atoms with Crippen LogP contribution in [-0.4, -0.2) is 94.0 Å². The van der Waals surface area contributed by atoms with Crippen LogP contribution in [-0.2, 0) is 9.53 Å². The molecule has 0 aliphatic carbocycles. The molecule has 3 aromatic rings. The molecule has 0 fully saturated rings. The Hall–Kier alpha value is -4.47. The Morgan fingerprint density at radius 2 is 1.39 bits per heavy atom. The van der Waals surface area contributed by atoms with E-state index in [4.69, 9.17) is 4.74 Å². The summed E-state index contributed by atoms with van der Waals surface area (Å²) in [5.74, 6) is -0.775. The van der Waals surface area contributed by atoms with E-state index in [1.807, 2.05) is 87.7 Å². The normalized spacial score (nSPS) is 13.6. The van der Waals surface area contributed by atoms with Gasteiger partial charge in [-0.15, -0.1) is 0 Å². The zero-order chi connectivity index (χ0) is 29.5. The van der Waals surface area contributed by atoms with Crippen molar-refractivity contribution in [1.29, 1.82) is 0 Å². The summed E-state index contributed by atoms with van der Waals surface area (Å²) in [7, 11) is 9.30. The minimum absolute atomic E-state index is 0.0209. The van der Waals surface area contributed by atoms with Crippen LogP contribution in [0, 0.1) is 0 Å². The summed E-state index contributed by atoms with van der Waals surface area (Å²) in [5.41, 5.74) is 4.80. The number of esters is 1. The number of hydrogen-bond donors (Lipinski definition) is 2. The lowest BCUT2D eigenvalue weighted by atomic mass is 9.99. The number of carbonyl (C=O) groups is 3. The van der Waals surface area contributed by atoms with Crippen LogP contribution in [0.3, 0.4) is 0 Å². The Kier molecular flexibility index (Phi) is 9.54. The SMILES string of the molecule is COC(=O)c1ccc2c(c1)NC(=O)/C2=C(\Nc1ccc(C(=O)N(CCN(C)C)CCN(C)C)cc1)c1ccccc1. The highest BCUT2D eigenvalue weighted by Gasteiger charge is 2.29. The third-order valence-corrected chi connectivity index (χ3v) is 6.82. The molecule has 3 aromatic carbocycles. The van der Waals surface area contributed by atoms with Crippen LogP contribution >= 0.6 is 0 Å². The molecular formula is C32H37N5O4. The average molecular weight is 556 g/mol. The lowest BCUT2D eigenvalue weighted by molar-refractivity contribution is -0.110. The zero-order valence-electron chi connectivity index (χ0n) is 24.2. The van der Waals surface area contributed by atoms with E-state index in [-0.39, 0.29) is 11.8 Å².